The van der Waals surface area contributed by atoms with Crippen molar-refractivity contribution in [2.75, 3.05) is 7.11 Å². The number of halogens is 1. The fourth-order valence-corrected chi connectivity index (χ4v) is 3.12. The molecule has 0 aliphatic heterocycles. The average Bonchev–Trinajstić information content (AvgIpc) is 2.70. The van der Waals surface area contributed by atoms with Gasteiger partial charge in [-0.05, 0) is 50.8 Å². The maximum absolute atomic E-state index is 13.6. The molecule has 1 aliphatic rings. The van der Waals surface area contributed by atoms with E-state index in [1.165, 1.54) is 12.1 Å². The van der Waals surface area contributed by atoms with Crippen LogP contribution >= 0.6 is 0 Å². The third kappa shape index (κ3) is 3.04. The van der Waals surface area contributed by atoms with E-state index in [1.54, 1.807) is 7.11 Å². The molecule has 0 radical (unpaired) electrons. The number of rotatable bonds is 3. The van der Waals surface area contributed by atoms with E-state index < -0.39 is 11.4 Å². The molecule has 0 heterocycles. The minimum atomic E-state index is -1.16. The third-order valence-electron chi connectivity index (χ3n) is 3.29. The Morgan fingerprint density at radius 3 is 2.68 bits per heavy atom. The van der Waals surface area contributed by atoms with Crippen molar-refractivity contribution in [1.82, 2.24) is 4.72 Å². The standard InChI is InChI=1S/C14H20FNO2S/c1-14(2,3)19(17)16-12-6-5-10-11(12)7-9(15)8-13(10)18-4/h7-8,12,16H,5-6H2,1-4H3/t12-,19?/m1/s1. The normalized spacial score (nSPS) is 20.2. The molecule has 2 atom stereocenters. The van der Waals surface area contributed by atoms with Gasteiger partial charge in [-0.15, -0.1) is 4.72 Å². The van der Waals surface area contributed by atoms with Gasteiger partial charge < -0.3 is 9.29 Å². The number of hydrogen-bond acceptors (Lipinski definition) is 3. The van der Waals surface area contributed by atoms with Gasteiger partial charge in [0.15, 0.2) is 0 Å². The molecule has 19 heavy (non-hydrogen) atoms. The summed E-state index contributed by atoms with van der Waals surface area (Å²) >= 11 is -1.16. The van der Waals surface area contributed by atoms with Crippen LogP contribution in [0.15, 0.2) is 12.1 Å². The Labute approximate surface area is 116 Å². The molecule has 0 saturated heterocycles. The SMILES string of the molecule is COc1cc(F)cc2c1CC[C@H]2N[S+]([O-])C(C)(C)C. The van der Waals surface area contributed by atoms with E-state index in [4.69, 9.17) is 4.74 Å². The van der Waals surface area contributed by atoms with E-state index in [0.717, 1.165) is 24.0 Å². The van der Waals surface area contributed by atoms with Crippen molar-refractivity contribution in [3.8, 4) is 5.75 Å². The van der Waals surface area contributed by atoms with E-state index in [9.17, 15) is 8.94 Å². The molecule has 0 bridgehead atoms. The summed E-state index contributed by atoms with van der Waals surface area (Å²) in [5.41, 5.74) is 1.89. The lowest BCUT2D eigenvalue weighted by Crippen LogP contribution is -2.40. The smallest absolute Gasteiger partial charge is 0.136 e. The summed E-state index contributed by atoms with van der Waals surface area (Å²) in [7, 11) is 1.54. The van der Waals surface area contributed by atoms with Crippen LogP contribution in [0.4, 0.5) is 4.39 Å². The Kier molecular flexibility index (Phi) is 4.08. The number of nitrogens with one attached hydrogen (secondary N) is 1. The van der Waals surface area contributed by atoms with E-state index in [0.29, 0.717) is 5.75 Å². The van der Waals surface area contributed by atoms with Crippen LogP contribution < -0.4 is 9.46 Å². The van der Waals surface area contributed by atoms with E-state index >= 15 is 0 Å². The summed E-state index contributed by atoms with van der Waals surface area (Å²) in [5, 5.41) is 0. The molecule has 0 amide bonds. The lowest BCUT2D eigenvalue weighted by Gasteiger charge is -2.26. The first-order valence-electron chi connectivity index (χ1n) is 6.37. The van der Waals surface area contributed by atoms with Gasteiger partial charge in [0.05, 0.1) is 13.2 Å². The molecule has 5 heteroatoms. The largest absolute Gasteiger partial charge is 0.598 e. The first-order valence-corrected chi connectivity index (χ1v) is 7.52. The van der Waals surface area contributed by atoms with E-state index in [-0.39, 0.29) is 16.6 Å². The average molecular weight is 285 g/mol. The van der Waals surface area contributed by atoms with Crippen LogP contribution in [-0.4, -0.2) is 16.4 Å². The highest BCUT2D eigenvalue weighted by Gasteiger charge is 2.34. The van der Waals surface area contributed by atoms with Crippen molar-refractivity contribution >= 4 is 11.4 Å². The van der Waals surface area contributed by atoms with Gasteiger partial charge in [0.25, 0.3) is 0 Å². The van der Waals surface area contributed by atoms with Crippen LogP contribution in [0, 0.1) is 5.82 Å². The number of methoxy groups -OCH3 is 1. The zero-order valence-corrected chi connectivity index (χ0v) is 12.6. The Balaban J connectivity index is 2.25. The maximum Gasteiger partial charge on any atom is 0.136 e. The first-order chi connectivity index (χ1) is 8.82. The van der Waals surface area contributed by atoms with Crippen molar-refractivity contribution in [1.29, 1.82) is 0 Å². The van der Waals surface area contributed by atoms with E-state index in [1.807, 2.05) is 20.8 Å². The molecular formula is C14H20FNO2S. The number of fused-ring (bicyclic) bond motifs is 1. The van der Waals surface area contributed by atoms with Crippen LogP contribution in [0.2, 0.25) is 0 Å². The zero-order valence-electron chi connectivity index (χ0n) is 11.7. The lowest BCUT2D eigenvalue weighted by atomic mass is 10.1. The van der Waals surface area contributed by atoms with Gasteiger partial charge in [0.1, 0.15) is 16.3 Å². The van der Waals surface area contributed by atoms with Crippen molar-refractivity contribution in [2.24, 2.45) is 0 Å². The molecule has 106 valence electrons. The Morgan fingerprint density at radius 2 is 2.11 bits per heavy atom. The summed E-state index contributed by atoms with van der Waals surface area (Å²) in [4.78, 5) is 0. The predicted molar refractivity (Wildman–Crippen MR) is 75.0 cm³/mol. The molecule has 2 rings (SSSR count). The number of benzene rings is 1. The van der Waals surface area contributed by atoms with Crippen molar-refractivity contribution in [3.05, 3.63) is 29.1 Å². The maximum atomic E-state index is 13.6. The molecule has 1 aromatic rings. The summed E-state index contributed by atoms with van der Waals surface area (Å²) in [6.45, 7) is 5.74. The summed E-state index contributed by atoms with van der Waals surface area (Å²) in [6.07, 6.45) is 1.63. The van der Waals surface area contributed by atoms with Crippen molar-refractivity contribution < 1.29 is 13.7 Å². The number of hydrogen-bond donors (Lipinski definition) is 1. The zero-order chi connectivity index (χ0) is 14.2. The number of ether oxygens (including phenoxy) is 1. The molecule has 3 nitrogen and oxygen atoms in total. The Hall–Kier alpha value is -0.780. The fraction of sp³-hybridized carbons (Fsp3) is 0.571. The molecular weight excluding hydrogens is 265 g/mol. The van der Waals surface area contributed by atoms with Crippen LogP contribution in [0.25, 0.3) is 0 Å². The Bertz CT molecular complexity index is 473. The van der Waals surface area contributed by atoms with Gasteiger partial charge in [-0.2, -0.15) is 0 Å². The topological polar surface area (TPSA) is 44.3 Å². The fourth-order valence-electron chi connectivity index (χ4n) is 2.27. The Morgan fingerprint density at radius 1 is 1.42 bits per heavy atom. The molecule has 1 aromatic carbocycles. The highest BCUT2D eigenvalue weighted by atomic mass is 32.2. The summed E-state index contributed by atoms with van der Waals surface area (Å²) in [6, 6.07) is 2.85. The molecule has 1 N–H and O–H groups in total. The van der Waals surface area contributed by atoms with Gasteiger partial charge in [0, 0.05) is 17.4 Å². The van der Waals surface area contributed by atoms with Crippen LogP contribution in [0.5, 0.6) is 5.75 Å². The highest BCUT2D eigenvalue weighted by molar-refractivity contribution is 7.90. The van der Waals surface area contributed by atoms with Crippen molar-refractivity contribution in [3.63, 3.8) is 0 Å². The quantitative estimate of drug-likeness (QED) is 0.869. The van der Waals surface area contributed by atoms with Gasteiger partial charge in [-0.1, -0.05) is 0 Å². The minimum absolute atomic E-state index is 0.0698. The van der Waals surface area contributed by atoms with E-state index in [2.05, 4.69) is 4.72 Å². The second-order valence-electron chi connectivity index (χ2n) is 5.77. The highest BCUT2D eigenvalue weighted by Crippen LogP contribution is 2.38. The van der Waals surface area contributed by atoms with Crippen LogP contribution in [-0.2, 0) is 17.8 Å². The monoisotopic (exact) mass is 285 g/mol. The van der Waals surface area contributed by atoms with Gasteiger partial charge in [-0.25, -0.2) is 4.39 Å². The van der Waals surface area contributed by atoms with Gasteiger partial charge in [0.2, 0.25) is 0 Å². The third-order valence-corrected chi connectivity index (χ3v) is 4.90. The second kappa shape index (κ2) is 5.31. The predicted octanol–water partition coefficient (Wildman–Crippen LogP) is 2.87. The molecule has 0 aromatic heterocycles. The summed E-state index contributed by atoms with van der Waals surface area (Å²) < 4.78 is 33.7. The van der Waals surface area contributed by atoms with Gasteiger partial charge >= 0.3 is 0 Å². The molecule has 0 spiro atoms. The molecule has 1 aliphatic carbocycles. The molecule has 0 saturated carbocycles. The summed E-state index contributed by atoms with van der Waals surface area (Å²) in [5.74, 6) is 0.270. The van der Waals surface area contributed by atoms with Crippen LogP contribution in [0.3, 0.4) is 0 Å². The molecule has 0 fully saturated rings. The van der Waals surface area contributed by atoms with Crippen LogP contribution in [0.1, 0.15) is 44.4 Å². The second-order valence-corrected chi connectivity index (χ2v) is 7.76. The molecule has 1 unspecified atom stereocenters. The lowest BCUT2D eigenvalue weighted by molar-refractivity contribution is 0.407. The minimum Gasteiger partial charge on any atom is -0.598 e. The first kappa shape index (κ1) is 14.6. The van der Waals surface area contributed by atoms with Crippen molar-refractivity contribution in [2.45, 2.75) is 44.4 Å². The van der Waals surface area contributed by atoms with Gasteiger partial charge in [-0.3, -0.25) is 0 Å².